The number of nitrogens with zero attached hydrogens (tertiary/aromatic N) is 1. The van der Waals surface area contributed by atoms with E-state index in [1.807, 2.05) is 26.0 Å². The van der Waals surface area contributed by atoms with Crippen molar-refractivity contribution in [2.75, 3.05) is 6.61 Å². The molecule has 5 heteroatoms. The highest BCUT2D eigenvalue weighted by Crippen LogP contribution is 2.28. The number of aryl methyl sites for hydroxylation is 2. The average Bonchev–Trinajstić information content (AvgIpc) is 2.46. The van der Waals surface area contributed by atoms with Crippen LogP contribution in [0.3, 0.4) is 0 Å². The molecule has 0 aliphatic rings. The highest BCUT2D eigenvalue weighted by molar-refractivity contribution is 6.09. The first kappa shape index (κ1) is 14.3. The zero-order chi connectivity index (χ0) is 15.9. The van der Waals surface area contributed by atoms with Gasteiger partial charge in [-0.05, 0) is 38.0 Å². The molecule has 22 heavy (non-hydrogen) atoms. The Kier molecular flexibility index (Phi) is 3.41. The van der Waals surface area contributed by atoms with Crippen molar-refractivity contribution in [2.45, 2.75) is 20.8 Å². The molecule has 0 saturated carbocycles. The Labute approximate surface area is 126 Å². The van der Waals surface area contributed by atoms with Crippen LogP contribution in [0.2, 0.25) is 0 Å². The predicted octanol–water partition coefficient (Wildman–Crippen LogP) is 2.87. The molecule has 0 fully saturated rings. The number of benzene rings is 1. The topological polar surface area (TPSA) is 72.0 Å². The molecule has 0 bridgehead atoms. The first-order valence-electron chi connectivity index (χ1n) is 7.12. The Morgan fingerprint density at radius 1 is 1.32 bits per heavy atom. The van der Waals surface area contributed by atoms with Crippen LogP contribution in [-0.2, 0) is 4.74 Å². The van der Waals surface area contributed by atoms with Gasteiger partial charge in [0, 0.05) is 23.0 Å². The Bertz CT molecular complexity index is 957. The van der Waals surface area contributed by atoms with Crippen molar-refractivity contribution in [3.63, 3.8) is 0 Å². The molecule has 112 valence electrons. The average molecular weight is 296 g/mol. The number of nitrogens with one attached hydrogen (secondary N) is 1. The molecule has 1 aromatic carbocycles. The summed E-state index contributed by atoms with van der Waals surface area (Å²) in [5.74, 6) is -0.401. The van der Waals surface area contributed by atoms with Gasteiger partial charge in [-0.25, -0.2) is 4.79 Å². The smallest absolute Gasteiger partial charge is 0.339 e. The number of hydrogen-bond acceptors (Lipinski definition) is 4. The fourth-order valence-electron chi connectivity index (χ4n) is 2.75. The molecule has 0 aliphatic carbocycles. The molecule has 0 radical (unpaired) electrons. The maximum atomic E-state index is 12.0. The molecule has 2 aromatic heterocycles. The van der Waals surface area contributed by atoms with Gasteiger partial charge in [0.2, 0.25) is 5.56 Å². The van der Waals surface area contributed by atoms with Crippen molar-refractivity contribution in [3.05, 3.63) is 51.4 Å². The van der Waals surface area contributed by atoms with E-state index in [1.54, 1.807) is 13.0 Å². The molecule has 0 atom stereocenters. The number of H-pyrrole nitrogens is 1. The number of fused-ring (bicyclic) bond motifs is 3. The van der Waals surface area contributed by atoms with Gasteiger partial charge in [0.15, 0.2) is 0 Å². The van der Waals surface area contributed by atoms with E-state index in [9.17, 15) is 9.59 Å². The molecule has 3 aromatic rings. The Hall–Kier alpha value is -2.69. The van der Waals surface area contributed by atoms with Crippen LogP contribution in [-0.4, -0.2) is 22.5 Å². The highest BCUT2D eigenvalue weighted by Gasteiger charge is 2.16. The van der Waals surface area contributed by atoms with E-state index < -0.39 is 5.97 Å². The van der Waals surface area contributed by atoms with E-state index in [-0.39, 0.29) is 5.56 Å². The molecule has 0 unspecified atom stereocenters. The first-order chi connectivity index (χ1) is 10.5. The summed E-state index contributed by atoms with van der Waals surface area (Å²) in [5.41, 5.74) is 3.34. The Balaban J connectivity index is 2.43. The maximum absolute atomic E-state index is 12.0. The fraction of sp³-hybridized carbons (Fsp3) is 0.235. The van der Waals surface area contributed by atoms with Gasteiger partial charge in [-0.15, -0.1) is 0 Å². The van der Waals surface area contributed by atoms with Gasteiger partial charge in [-0.1, -0.05) is 6.07 Å². The third-order valence-corrected chi connectivity index (χ3v) is 3.81. The van der Waals surface area contributed by atoms with Crippen molar-refractivity contribution in [1.29, 1.82) is 0 Å². The number of ether oxygens (including phenoxy) is 1. The maximum Gasteiger partial charge on any atom is 0.339 e. The van der Waals surface area contributed by atoms with Crippen molar-refractivity contribution >= 4 is 27.8 Å². The summed E-state index contributed by atoms with van der Waals surface area (Å²) in [6.07, 6.45) is 1.52. The van der Waals surface area contributed by atoms with Crippen LogP contribution < -0.4 is 5.56 Å². The zero-order valence-corrected chi connectivity index (χ0v) is 12.7. The van der Waals surface area contributed by atoms with Crippen LogP contribution in [0.4, 0.5) is 0 Å². The molecule has 0 aliphatic heterocycles. The lowest BCUT2D eigenvalue weighted by molar-refractivity contribution is 0.0525. The van der Waals surface area contributed by atoms with Gasteiger partial charge < -0.3 is 9.72 Å². The second-order valence-corrected chi connectivity index (χ2v) is 5.22. The number of carbonyl (C=O) groups is 1. The van der Waals surface area contributed by atoms with Crippen molar-refractivity contribution in [2.24, 2.45) is 0 Å². The monoisotopic (exact) mass is 296 g/mol. The van der Waals surface area contributed by atoms with Crippen molar-refractivity contribution in [3.8, 4) is 0 Å². The zero-order valence-electron chi connectivity index (χ0n) is 12.7. The minimum absolute atomic E-state index is 0.168. The van der Waals surface area contributed by atoms with Crippen molar-refractivity contribution in [1.82, 2.24) is 9.97 Å². The number of pyridine rings is 2. The first-order valence-corrected chi connectivity index (χ1v) is 7.12. The summed E-state index contributed by atoms with van der Waals surface area (Å²) in [6, 6.07) is 5.39. The lowest BCUT2D eigenvalue weighted by Crippen LogP contribution is -2.09. The standard InChI is InChI=1S/C17H16N2O3/c1-4-22-17(21)12-8-18-13-6-5-11-9(2)7-14(20)19-16(11)15(13)10(12)3/h5-8H,4H2,1-3H3,(H,19,20). The molecule has 0 amide bonds. The summed E-state index contributed by atoms with van der Waals surface area (Å²) in [6.45, 7) is 5.80. The van der Waals surface area contributed by atoms with Crippen molar-refractivity contribution < 1.29 is 9.53 Å². The second-order valence-electron chi connectivity index (χ2n) is 5.22. The molecule has 2 heterocycles. The summed E-state index contributed by atoms with van der Waals surface area (Å²) >= 11 is 0. The SMILES string of the molecule is CCOC(=O)c1cnc2ccc3c(C)cc(=O)[nH]c3c2c1C. The molecule has 3 rings (SSSR count). The summed E-state index contributed by atoms with van der Waals surface area (Å²) in [4.78, 5) is 31.1. The number of rotatable bonds is 2. The highest BCUT2D eigenvalue weighted by atomic mass is 16.5. The van der Waals surface area contributed by atoms with Crippen LogP contribution in [0.15, 0.2) is 29.2 Å². The van der Waals surface area contributed by atoms with Gasteiger partial charge in [0.25, 0.3) is 0 Å². The lowest BCUT2D eigenvalue weighted by atomic mass is 10.0. The van der Waals surface area contributed by atoms with E-state index in [2.05, 4.69) is 9.97 Å². The van der Waals surface area contributed by atoms with Gasteiger partial charge in [-0.2, -0.15) is 0 Å². The van der Waals surface area contributed by atoms with E-state index in [1.165, 1.54) is 6.20 Å². The number of aromatic amines is 1. The van der Waals surface area contributed by atoms with Gasteiger partial charge in [-0.3, -0.25) is 9.78 Å². The normalized spacial score (nSPS) is 11.0. The Morgan fingerprint density at radius 3 is 2.82 bits per heavy atom. The quantitative estimate of drug-likeness (QED) is 0.583. The molecular weight excluding hydrogens is 280 g/mol. The number of aromatic nitrogens is 2. The third-order valence-electron chi connectivity index (χ3n) is 3.81. The minimum Gasteiger partial charge on any atom is -0.462 e. The van der Waals surface area contributed by atoms with Crippen LogP contribution in [0.5, 0.6) is 0 Å². The van der Waals surface area contributed by atoms with E-state index in [4.69, 9.17) is 4.74 Å². The van der Waals surface area contributed by atoms with Crippen LogP contribution in [0, 0.1) is 13.8 Å². The number of carbonyl (C=O) groups excluding carboxylic acids is 1. The van der Waals surface area contributed by atoms with Crippen LogP contribution >= 0.6 is 0 Å². The predicted molar refractivity (Wildman–Crippen MR) is 85.3 cm³/mol. The van der Waals surface area contributed by atoms with Crippen LogP contribution in [0.25, 0.3) is 21.8 Å². The fourth-order valence-corrected chi connectivity index (χ4v) is 2.75. The molecule has 1 N–H and O–H groups in total. The van der Waals surface area contributed by atoms with Gasteiger partial charge >= 0.3 is 5.97 Å². The summed E-state index contributed by atoms with van der Waals surface area (Å²) in [7, 11) is 0. The second kappa shape index (κ2) is 5.26. The lowest BCUT2D eigenvalue weighted by Gasteiger charge is -2.11. The van der Waals surface area contributed by atoms with Gasteiger partial charge in [0.1, 0.15) is 0 Å². The minimum atomic E-state index is -0.401. The Morgan fingerprint density at radius 2 is 2.09 bits per heavy atom. The summed E-state index contributed by atoms with van der Waals surface area (Å²) < 4.78 is 5.07. The third kappa shape index (κ3) is 2.15. The molecule has 0 saturated heterocycles. The number of esters is 1. The summed E-state index contributed by atoms with van der Waals surface area (Å²) in [5, 5.41) is 1.72. The largest absolute Gasteiger partial charge is 0.462 e. The van der Waals surface area contributed by atoms with Gasteiger partial charge in [0.05, 0.1) is 23.2 Å². The molecule has 0 spiro atoms. The van der Waals surface area contributed by atoms with E-state index >= 15 is 0 Å². The van der Waals surface area contributed by atoms with E-state index in [0.29, 0.717) is 17.7 Å². The van der Waals surface area contributed by atoms with E-state index in [0.717, 1.165) is 27.4 Å². The molecular formula is C17H16N2O3. The molecule has 5 nitrogen and oxygen atoms in total. The number of hydrogen-bond donors (Lipinski definition) is 1. The van der Waals surface area contributed by atoms with Crippen LogP contribution in [0.1, 0.15) is 28.4 Å².